The highest BCUT2D eigenvalue weighted by Crippen LogP contribution is 2.30. The summed E-state index contributed by atoms with van der Waals surface area (Å²) in [6.07, 6.45) is 3.36. The third kappa shape index (κ3) is 5.55. The van der Waals surface area contributed by atoms with E-state index in [1.54, 1.807) is 11.8 Å². The lowest BCUT2D eigenvalue weighted by Crippen LogP contribution is -2.44. The van der Waals surface area contributed by atoms with Crippen LogP contribution in [0, 0.1) is 10.1 Å². The van der Waals surface area contributed by atoms with E-state index in [-0.39, 0.29) is 17.2 Å². The number of hydrogen-bond acceptors (Lipinski definition) is 6. The number of carbonyl (C=O) groups excluding carboxylic acids is 2. The first-order valence-corrected chi connectivity index (χ1v) is 11.5. The van der Waals surface area contributed by atoms with Crippen molar-refractivity contribution in [2.45, 2.75) is 25.8 Å². The summed E-state index contributed by atoms with van der Waals surface area (Å²) in [5.74, 6) is -0.147. The van der Waals surface area contributed by atoms with E-state index in [2.05, 4.69) is 22.5 Å². The Morgan fingerprint density at radius 1 is 1.26 bits per heavy atom. The van der Waals surface area contributed by atoms with Gasteiger partial charge in [-0.25, -0.2) is 0 Å². The van der Waals surface area contributed by atoms with Gasteiger partial charge in [0.1, 0.15) is 6.04 Å². The monoisotopic (exact) mass is 442 g/mol. The number of rotatable bonds is 9. The van der Waals surface area contributed by atoms with Gasteiger partial charge in [0, 0.05) is 42.2 Å². The summed E-state index contributed by atoms with van der Waals surface area (Å²) in [7, 11) is 0. The molecule has 0 spiro atoms. The maximum absolute atomic E-state index is 13.0. The first-order chi connectivity index (χ1) is 14.9. The summed E-state index contributed by atoms with van der Waals surface area (Å²) >= 11 is 1.58. The number of carbonyl (C=O) groups is 2. The van der Waals surface area contributed by atoms with Gasteiger partial charge < -0.3 is 15.5 Å². The maximum Gasteiger partial charge on any atom is 0.270 e. The van der Waals surface area contributed by atoms with Crippen LogP contribution >= 0.6 is 11.8 Å². The van der Waals surface area contributed by atoms with Crippen LogP contribution in [0.2, 0.25) is 0 Å². The van der Waals surface area contributed by atoms with Crippen LogP contribution in [-0.4, -0.2) is 47.9 Å². The van der Waals surface area contributed by atoms with Crippen molar-refractivity contribution in [3.8, 4) is 0 Å². The van der Waals surface area contributed by atoms with Crippen LogP contribution in [0.25, 0.3) is 0 Å². The molecule has 0 fully saturated rings. The van der Waals surface area contributed by atoms with Crippen molar-refractivity contribution in [1.82, 2.24) is 5.32 Å². The summed E-state index contributed by atoms with van der Waals surface area (Å²) in [5, 5.41) is 16.6. The molecule has 164 valence electrons. The van der Waals surface area contributed by atoms with Crippen LogP contribution < -0.4 is 15.5 Å². The molecular formula is C22H26N4O4S. The molecule has 1 aliphatic rings. The van der Waals surface area contributed by atoms with Crippen molar-refractivity contribution in [2.24, 2.45) is 0 Å². The predicted octanol–water partition coefficient (Wildman–Crippen LogP) is 3.47. The average Bonchev–Trinajstić information content (AvgIpc) is 3.18. The van der Waals surface area contributed by atoms with E-state index >= 15 is 0 Å². The molecular weight excluding hydrogens is 416 g/mol. The highest BCUT2D eigenvalue weighted by molar-refractivity contribution is 7.98. The van der Waals surface area contributed by atoms with Gasteiger partial charge in [-0.15, -0.1) is 0 Å². The van der Waals surface area contributed by atoms with Crippen LogP contribution in [0.3, 0.4) is 0 Å². The molecule has 8 nitrogen and oxygen atoms in total. The summed E-state index contributed by atoms with van der Waals surface area (Å²) in [4.78, 5) is 38.3. The van der Waals surface area contributed by atoms with E-state index in [1.807, 2.05) is 24.5 Å². The predicted molar refractivity (Wildman–Crippen MR) is 124 cm³/mol. The lowest BCUT2D eigenvalue weighted by molar-refractivity contribution is -0.384. The SMILES string of the molecule is CCN1CCc2ccc(NC(=O)C(CCSC)NC(=O)c3cccc([N+](=O)[O-])c3)cc21. The van der Waals surface area contributed by atoms with E-state index < -0.39 is 16.9 Å². The molecule has 3 rings (SSSR count). The number of nitrogens with zero attached hydrogens (tertiary/aromatic N) is 2. The number of hydrogen-bond donors (Lipinski definition) is 2. The molecule has 0 aliphatic carbocycles. The fourth-order valence-corrected chi connectivity index (χ4v) is 4.06. The molecule has 2 aromatic carbocycles. The highest BCUT2D eigenvalue weighted by atomic mass is 32.2. The minimum atomic E-state index is -0.755. The van der Waals surface area contributed by atoms with Gasteiger partial charge in [-0.05, 0) is 55.5 Å². The Kier molecular flexibility index (Phi) is 7.51. The molecule has 2 amide bonds. The van der Waals surface area contributed by atoms with Gasteiger partial charge in [0.2, 0.25) is 5.91 Å². The number of thioether (sulfide) groups is 1. The second-order valence-electron chi connectivity index (χ2n) is 7.28. The quantitative estimate of drug-likeness (QED) is 0.455. The molecule has 0 aromatic heterocycles. The summed E-state index contributed by atoms with van der Waals surface area (Å²) in [6.45, 7) is 3.97. The molecule has 0 bridgehead atoms. The van der Waals surface area contributed by atoms with Crippen molar-refractivity contribution < 1.29 is 14.5 Å². The van der Waals surface area contributed by atoms with Crippen molar-refractivity contribution >= 4 is 40.6 Å². The molecule has 0 saturated heterocycles. The molecule has 0 saturated carbocycles. The average molecular weight is 443 g/mol. The van der Waals surface area contributed by atoms with Crippen molar-refractivity contribution in [3.63, 3.8) is 0 Å². The smallest absolute Gasteiger partial charge is 0.270 e. The van der Waals surface area contributed by atoms with Gasteiger partial charge in [0.05, 0.1) is 4.92 Å². The fraction of sp³-hybridized carbons (Fsp3) is 0.364. The van der Waals surface area contributed by atoms with E-state index in [9.17, 15) is 19.7 Å². The Morgan fingerprint density at radius 3 is 2.77 bits per heavy atom. The van der Waals surface area contributed by atoms with Gasteiger partial charge in [0.15, 0.2) is 0 Å². The number of anilines is 2. The number of fused-ring (bicyclic) bond motifs is 1. The minimum absolute atomic E-state index is 0.146. The van der Waals surface area contributed by atoms with Gasteiger partial charge in [0.25, 0.3) is 11.6 Å². The first-order valence-electron chi connectivity index (χ1n) is 10.2. The zero-order valence-corrected chi connectivity index (χ0v) is 18.4. The van der Waals surface area contributed by atoms with Crippen LogP contribution in [0.1, 0.15) is 29.3 Å². The molecule has 0 radical (unpaired) electrons. The van der Waals surface area contributed by atoms with E-state index in [0.29, 0.717) is 17.9 Å². The van der Waals surface area contributed by atoms with E-state index in [1.165, 1.54) is 29.8 Å². The Labute approximate surface area is 185 Å². The van der Waals surface area contributed by atoms with Crippen molar-refractivity contribution in [3.05, 3.63) is 63.7 Å². The molecule has 1 unspecified atom stereocenters. The second kappa shape index (κ2) is 10.3. The standard InChI is InChI=1S/C22H26N4O4S/c1-3-25-11-9-15-7-8-17(14-20(15)25)23-22(28)19(10-12-31-2)24-21(27)16-5-4-6-18(13-16)26(29)30/h4-8,13-14,19H,3,9-12H2,1-2H3,(H,23,28)(H,24,27). The Morgan fingerprint density at radius 2 is 2.06 bits per heavy atom. The van der Waals surface area contributed by atoms with Gasteiger partial charge in [-0.3, -0.25) is 19.7 Å². The number of benzene rings is 2. The Hall–Kier alpha value is -3.07. The zero-order chi connectivity index (χ0) is 22.4. The third-order valence-corrected chi connectivity index (χ3v) is 5.92. The zero-order valence-electron chi connectivity index (χ0n) is 17.6. The summed E-state index contributed by atoms with van der Waals surface area (Å²) < 4.78 is 0. The third-order valence-electron chi connectivity index (χ3n) is 5.28. The van der Waals surface area contributed by atoms with Crippen LogP contribution in [-0.2, 0) is 11.2 Å². The molecule has 1 heterocycles. The topological polar surface area (TPSA) is 105 Å². The largest absolute Gasteiger partial charge is 0.371 e. The first kappa shape index (κ1) is 22.6. The maximum atomic E-state index is 13.0. The lowest BCUT2D eigenvalue weighted by Gasteiger charge is -2.20. The number of amides is 2. The Balaban J connectivity index is 1.73. The molecule has 2 N–H and O–H groups in total. The van der Waals surface area contributed by atoms with Crippen LogP contribution in [0.15, 0.2) is 42.5 Å². The van der Waals surface area contributed by atoms with Crippen LogP contribution in [0.5, 0.6) is 0 Å². The van der Waals surface area contributed by atoms with Crippen molar-refractivity contribution in [2.75, 3.05) is 35.3 Å². The van der Waals surface area contributed by atoms with Crippen molar-refractivity contribution in [1.29, 1.82) is 0 Å². The normalized spacial score (nSPS) is 13.4. The fourth-order valence-electron chi connectivity index (χ4n) is 3.59. The highest BCUT2D eigenvalue weighted by Gasteiger charge is 2.23. The van der Waals surface area contributed by atoms with Crippen LogP contribution in [0.4, 0.5) is 17.1 Å². The summed E-state index contributed by atoms with van der Waals surface area (Å²) in [5.41, 5.74) is 3.05. The number of nitro groups is 1. The molecule has 1 aliphatic heterocycles. The van der Waals surface area contributed by atoms with Gasteiger partial charge >= 0.3 is 0 Å². The number of non-ortho nitro benzene ring substituents is 1. The minimum Gasteiger partial charge on any atom is -0.371 e. The number of nitro benzene ring substituents is 1. The molecule has 1 atom stereocenters. The lowest BCUT2D eigenvalue weighted by atomic mass is 10.1. The van der Waals surface area contributed by atoms with E-state index in [0.717, 1.165) is 25.2 Å². The second-order valence-corrected chi connectivity index (χ2v) is 8.26. The number of nitrogens with one attached hydrogen (secondary N) is 2. The molecule has 9 heteroatoms. The molecule has 31 heavy (non-hydrogen) atoms. The van der Waals surface area contributed by atoms with Gasteiger partial charge in [-0.1, -0.05) is 12.1 Å². The Bertz CT molecular complexity index is 982. The summed E-state index contributed by atoms with van der Waals surface area (Å²) in [6, 6.07) is 10.6. The van der Waals surface area contributed by atoms with Gasteiger partial charge in [-0.2, -0.15) is 11.8 Å². The molecule has 2 aromatic rings. The van der Waals surface area contributed by atoms with E-state index in [4.69, 9.17) is 0 Å². The number of likely N-dealkylation sites (N-methyl/N-ethyl adjacent to an activating group) is 1.